The fourth-order valence-corrected chi connectivity index (χ4v) is 2.13. The van der Waals surface area contributed by atoms with Crippen molar-refractivity contribution in [2.24, 2.45) is 11.1 Å². The van der Waals surface area contributed by atoms with E-state index in [4.69, 9.17) is 10.8 Å². The molecule has 5 heteroatoms. The molecular formula is C11H15NO3S. The number of rotatable bonds is 5. The summed E-state index contributed by atoms with van der Waals surface area (Å²) in [6.45, 7) is 3.38. The predicted octanol–water partition coefficient (Wildman–Crippen LogP) is 1.76. The summed E-state index contributed by atoms with van der Waals surface area (Å²) in [6.07, 6.45) is -0.120. The number of hydrogen-bond donors (Lipinski definition) is 2. The average molecular weight is 241 g/mol. The highest BCUT2D eigenvalue weighted by Crippen LogP contribution is 2.27. The number of ketones is 1. The highest BCUT2D eigenvalue weighted by molar-refractivity contribution is 7.12. The maximum absolute atomic E-state index is 11.9. The molecule has 0 aromatic carbocycles. The Morgan fingerprint density at radius 3 is 2.62 bits per heavy atom. The van der Waals surface area contributed by atoms with Crippen LogP contribution in [0.3, 0.4) is 0 Å². The van der Waals surface area contributed by atoms with Crippen molar-refractivity contribution in [3.63, 3.8) is 0 Å². The van der Waals surface area contributed by atoms with Crippen molar-refractivity contribution >= 4 is 23.1 Å². The molecular weight excluding hydrogens is 226 g/mol. The summed E-state index contributed by atoms with van der Waals surface area (Å²) in [7, 11) is 0. The van der Waals surface area contributed by atoms with E-state index in [0.717, 1.165) is 0 Å². The third-order valence-corrected chi connectivity index (χ3v) is 3.38. The van der Waals surface area contributed by atoms with Gasteiger partial charge in [-0.05, 0) is 16.9 Å². The average Bonchev–Trinajstić information content (AvgIpc) is 2.66. The lowest BCUT2D eigenvalue weighted by atomic mass is 9.79. The zero-order chi connectivity index (χ0) is 12.3. The second-order valence-corrected chi connectivity index (χ2v) is 5.33. The van der Waals surface area contributed by atoms with Gasteiger partial charge in [0.2, 0.25) is 0 Å². The van der Waals surface area contributed by atoms with Gasteiger partial charge in [0.15, 0.2) is 5.78 Å². The highest BCUT2D eigenvalue weighted by Gasteiger charge is 2.34. The van der Waals surface area contributed by atoms with Crippen LogP contribution >= 0.6 is 11.3 Å². The lowest BCUT2D eigenvalue weighted by molar-refractivity contribution is -0.139. The van der Waals surface area contributed by atoms with Crippen LogP contribution in [0.25, 0.3) is 0 Å². The number of aliphatic carboxylic acids is 1. The third kappa shape index (κ3) is 2.90. The van der Waals surface area contributed by atoms with Crippen molar-refractivity contribution in [2.75, 3.05) is 0 Å². The summed E-state index contributed by atoms with van der Waals surface area (Å²) < 4.78 is 0. The van der Waals surface area contributed by atoms with E-state index in [1.807, 2.05) is 0 Å². The number of hydrogen-bond acceptors (Lipinski definition) is 4. The van der Waals surface area contributed by atoms with Crippen LogP contribution in [0, 0.1) is 5.41 Å². The van der Waals surface area contributed by atoms with Crippen molar-refractivity contribution in [3.05, 3.63) is 22.4 Å². The van der Waals surface area contributed by atoms with Gasteiger partial charge in [0.05, 0.1) is 17.3 Å². The van der Waals surface area contributed by atoms with E-state index in [-0.39, 0.29) is 12.2 Å². The van der Waals surface area contributed by atoms with Crippen LogP contribution < -0.4 is 5.73 Å². The molecule has 1 atom stereocenters. The molecule has 0 radical (unpaired) electrons. The maximum Gasteiger partial charge on any atom is 0.303 e. The SMILES string of the molecule is CC(C)(CC(=O)O)C(N)C(=O)c1cccs1. The van der Waals surface area contributed by atoms with E-state index >= 15 is 0 Å². The van der Waals surface area contributed by atoms with Crippen molar-refractivity contribution in [2.45, 2.75) is 26.3 Å². The van der Waals surface area contributed by atoms with Gasteiger partial charge >= 0.3 is 5.97 Å². The summed E-state index contributed by atoms with van der Waals surface area (Å²) in [4.78, 5) is 23.2. The molecule has 0 aliphatic heterocycles. The van der Waals surface area contributed by atoms with Gasteiger partial charge in [0.1, 0.15) is 0 Å². The number of carboxylic acids is 1. The molecule has 1 aromatic heterocycles. The van der Waals surface area contributed by atoms with Gasteiger partial charge in [-0.2, -0.15) is 0 Å². The van der Waals surface area contributed by atoms with E-state index < -0.39 is 17.4 Å². The largest absolute Gasteiger partial charge is 0.481 e. The maximum atomic E-state index is 11.9. The van der Waals surface area contributed by atoms with Gasteiger partial charge in [0.25, 0.3) is 0 Å². The fraction of sp³-hybridized carbons (Fsp3) is 0.455. The molecule has 3 N–H and O–H groups in total. The summed E-state index contributed by atoms with van der Waals surface area (Å²) in [6, 6.07) is 2.68. The van der Waals surface area contributed by atoms with E-state index in [1.165, 1.54) is 11.3 Å². The zero-order valence-electron chi connectivity index (χ0n) is 9.27. The fourth-order valence-electron chi connectivity index (χ4n) is 1.43. The van der Waals surface area contributed by atoms with Gasteiger partial charge < -0.3 is 10.8 Å². The Morgan fingerprint density at radius 1 is 1.56 bits per heavy atom. The second kappa shape index (κ2) is 4.76. The smallest absolute Gasteiger partial charge is 0.303 e. The Morgan fingerprint density at radius 2 is 2.19 bits per heavy atom. The third-order valence-electron chi connectivity index (χ3n) is 2.50. The molecule has 0 saturated heterocycles. The molecule has 0 aliphatic carbocycles. The number of carboxylic acid groups (broad SMARTS) is 1. The number of carbonyl (C=O) groups excluding carboxylic acids is 1. The summed E-state index contributed by atoms with van der Waals surface area (Å²) in [5, 5.41) is 10.5. The molecule has 1 heterocycles. The van der Waals surface area contributed by atoms with Gasteiger partial charge in [-0.1, -0.05) is 19.9 Å². The molecule has 1 unspecified atom stereocenters. The normalized spacial score (nSPS) is 13.4. The Balaban J connectivity index is 2.81. The number of thiophene rings is 1. The van der Waals surface area contributed by atoms with Crippen molar-refractivity contribution in [3.8, 4) is 0 Å². The van der Waals surface area contributed by atoms with Crippen LogP contribution in [0.15, 0.2) is 17.5 Å². The Kier molecular flexibility index (Phi) is 3.83. The summed E-state index contributed by atoms with van der Waals surface area (Å²) in [5.41, 5.74) is 5.09. The molecule has 0 aliphatic rings. The highest BCUT2D eigenvalue weighted by atomic mass is 32.1. The molecule has 88 valence electrons. The van der Waals surface area contributed by atoms with E-state index in [2.05, 4.69) is 0 Å². The van der Waals surface area contributed by atoms with Gasteiger partial charge in [-0.25, -0.2) is 0 Å². The van der Waals surface area contributed by atoms with Gasteiger partial charge in [-0.15, -0.1) is 11.3 Å². The summed E-state index contributed by atoms with van der Waals surface area (Å²) in [5.74, 6) is -1.14. The lowest BCUT2D eigenvalue weighted by Crippen LogP contribution is -2.44. The first-order valence-electron chi connectivity index (χ1n) is 4.89. The van der Waals surface area contributed by atoms with Crippen LogP contribution in [-0.2, 0) is 4.79 Å². The standard InChI is InChI=1S/C11H15NO3S/c1-11(2,6-8(13)14)10(12)9(15)7-4-3-5-16-7/h3-5,10H,6,12H2,1-2H3,(H,13,14). The number of nitrogens with two attached hydrogens (primary N) is 1. The minimum absolute atomic E-state index is 0.120. The first-order valence-corrected chi connectivity index (χ1v) is 5.77. The number of Topliss-reactive ketones (excluding diaryl/α,β-unsaturated/α-hetero) is 1. The lowest BCUT2D eigenvalue weighted by Gasteiger charge is -2.28. The van der Waals surface area contributed by atoms with Crippen molar-refractivity contribution in [1.82, 2.24) is 0 Å². The number of carbonyl (C=O) groups is 2. The Labute approximate surface area is 98.1 Å². The molecule has 1 aromatic rings. The van der Waals surface area contributed by atoms with Crippen LogP contribution in [0.5, 0.6) is 0 Å². The van der Waals surface area contributed by atoms with Crippen LogP contribution in [0.4, 0.5) is 0 Å². The first-order chi connectivity index (χ1) is 7.34. The minimum Gasteiger partial charge on any atom is -0.481 e. The van der Waals surface area contributed by atoms with Gasteiger partial charge in [-0.3, -0.25) is 9.59 Å². The van der Waals surface area contributed by atoms with E-state index in [0.29, 0.717) is 4.88 Å². The van der Waals surface area contributed by atoms with Crippen LogP contribution in [0.2, 0.25) is 0 Å². The second-order valence-electron chi connectivity index (χ2n) is 4.38. The molecule has 0 fully saturated rings. The molecule has 4 nitrogen and oxygen atoms in total. The molecule has 1 rings (SSSR count). The molecule has 0 bridgehead atoms. The Hall–Kier alpha value is -1.20. The predicted molar refractivity (Wildman–Crippen MR) is 62.7 cm³/mol. The van der Waals surface area contributed by atoms with Crippen molar-refractivity contribution < 1.29 is 14.7 Å². The zero-order valence-corrected chi connectivity index (χ0v) is 10.1. The minimum atomic E-state index is -0.945. The van der Waals surface area contributed by atoms with Crippen LogP contribution in [-0.4, -0.2) is 22.9 Å². The van der Waals surface area contributed by atoms with E-state index in [9.17, 15) is 9.59 Å². The molecule has 0 saturated carbocycles. The quantitative estimate of drug-likeness (QED) is 0.770. The molecule has 0 amide bonds. The molecule has 0 spiro atoms. The van der Waals surface area contributed by atoms with Gasteiger partial charge in [0, 0.05) is 0 Å². The molecule has 16 heavy (non-hydrogen) atoms. The van der Waals surface area contributed by atoms with Crippen LogP contribution in [0.1, 0.15) is 29.9 Å². The summed E-state index contributed by atoms with van der Waals surface area (Å²) >= 11 is 1.32. The first kappa shape index (κ1) is 12.9. The monoisotopic (exact) mass is 241 g/mol. The topological polar surface area (TPSA) is 80.4 Å². The van der Waals surface area contributed by atoms with E-state index in [1.54, 1.807) is 31.4 Å². The van der Waals surface area contributed by atoms with Crippen molar-refractivity contribution in [1.29, 1.82) is 0 Å². The Bertz CT molecular complexity index is 384.